The zero-order chi connectivity index (χ0) is 15.5. The second-order valence-corrected chi connectivity index (χ2v) is 5.26. The van der Waals surface area contributed by atoms with E-state index >= 15 is 0 Å². The normalized spacial score (nSPS) is 17.8. The molecule has 1 fully saturated rings. The highest BCUT2D eigenvalue weighted by atomic mass is 19.4. The van der Waals surface area contributed by atoms with Crippen LogP contribution in [0.3, 0.4) is 0 Å². The number of methoxy groups -OCH3 is 1. The van der Waals surface area contributed by atoms with Crippen LogP contribution in [0.5, 0.6) is 5.75 Å². The van der Waals surface area contributed by atoms with E-state index in [-0.39, 0.29) is 17.5 Å². The van der Waals surface area contributed by atoms with Gasteiger partial charge in [-0.05, 0) is 37.6 Å². The summed E-state index contributed by atoms with van der Waals surface area (Å²) in [6.07, 6.45) is -2.67. The van der Waals surface area contributed by atoms with Crippen LogP contribution < -0.4 is 10.1 Å². The van der Waals surface area contributed by atoms with Crippen LogP contribution >= 0.6 is 0 Å². The Labute approximate surface area is 123 Å². The molecular weight excluding hydrogens is 281 g/mol. The second-order valence-electron chi connectivity index (χ2n) is 5.26. The van der Waals surface area contributed by atoms with Crippen molar-refractivity contribution in [2.75, 3.05) is 32.1 Å². The van der Waals surface area contributed by atoms with Gasteiger partial charge >= 0.3 is 6.18 Å². The van der Waals surface area contributed by atoms with Crippen molar-refractivity contribution in [1.82, 2.24) is 4.90 Å². The summed E-state index contributed by atoms with van der Waals surface area (Å²) >= 11 is 0. The molecule has 1 saturated heterocycles. The fraction of sp³-hybridized carbons (Fsp3) is 0.600. The number of rotatable bonds is 4. The lowest BCUT2D eigenvalue weighted by Crippen LogP contribution is -2.39. The minimum Gasteiger partial charge on any atom is -0.497 e. The van der Waals surface area contributed by atoms with Gasteiger partial charge in [0.15, 0.2) is 0 Å². The molecule has 6 heteroatoms. The van der Waals surface area contributed by atoms with E-state index in [0.29, 0.717) is 0 Å². The minimum atomic E-state index is -4.39. The third-order valence-electron chi connectivity index (χ3n) is 3.93. The van der Waals surface area contributed by atoms with Gasteiger partial charge in [0.05, 0.1) is 12.7 Å². The highest BCUT2D eigenvalue weighted by molar-refractivity contribution is 5.56. The maximum atomic E-state index is 13.1. The van der Waals surface area contributed by atoms with Crippen LogP contribution in [0.2, 0.25) is 0 Å². The highest BCUT2D eigenvalue weighted by Gasteiger charge is 2.34. The highest BCUT2D eigenvalue weighted by Crippen LogP contribution is 2.37. The van der Waals surface area contributed by atoms with Crippen LogP contribution in [0.4, 0.5) is 18.9 Å². The molecule has 21 heavy (non-hydrogen) atoms. The molecule has 0 aromatic heterocycles. The fourth-order valence-corrected chi connectivity index (χ4v) is 2.62. The Hall–Kier alpha value is -1.43. The van der Waals surface area contributed by atoms with Crippen molar-refractivity contribution < 1.29 is 17.9 Å². The summed E-state index contributed by atoms with van der Waals surface area (Å²) in [4.78, 5) is 2.30. The van der Waals surface area contributed by atoms with Gasteiger partial charge in [0.2, 0.25) is 0 Å². The number of halogens is 3. The smallest absolute Gasteiger partial charge is 0.418 e. The lowest BCUT2D eigenvalue weighted by molar-refractivity contribution is -0.137. The number of anilines is 1. The van der Waals surface area contributed by atoms with Crippen LogP contribution in [-0.2, 0) is 6.18 Å². The lowest BCUT2D eigenvalue weighted by atomic mass is 10.0. The Bertz CT molecular complexity index is 468. The number of alkyl halides is 3. The Balaban J connectivity index is 2.13. The molecule has 0 amide bonds. The summed E-state index contributed by atoms with van der Waals surface area (Å²) in [5.41, 5.74) is -0.530. The van der Waals surface area contributed by atoms with Crippen LogP contribution in [0.25, 0.3) is 0 Å². The average Bonchev–Trinajstić information content (AvgIpc) is 2.47. The Kier molecular flexibility index (Phi) is 4.98. The molecular formula is C15H21F3N2O. The van der Waals surface area contributed by atoms with E-state index in [1.165, 1.54) is 13.2 Å². The predicted octanol–water partition coefficient (Wildman–Crippen LogP) is 3.61. The molecule has 0 spiro atoms. The Morgan fingerprint density at radius 2 is 1.95 bits per heavy atom. The topological polar surface area (TPSA) is 24.5 Å². The van der Waals surface area contributed by atoms with E-state index in [0.717, 1.165) is 38.5 Å². The number of nitrogens with zero attached hydrogens (tertiary/aromatic N) is 1. The molecule has 3 nitrogen and oxygen atoms in total. The van der Waals surface area contributed by atoms with Crippen molar-refractivity contribution in [3.05, 3.63) is 23.8 Å². The van der Waals surface area contributed by atoms with Gasteiger partial charge in [-0.3, -0.25) is 0 Å². The summed E-state index contributed by atoms with van der Waals surface area (Å²) < 4.78 is 44.3. The van der Waals surface area contributed by atoms with Gasteiger partial charge in [-0.1, -0.05) is 6.92 Å². The third kappa shape index (κ3) is 4.03. The fourth-order valence-electron chi connectivity index (χ4n) is 2.62. The molecule has 1 aromatic carbocycles. The number of hydrogen-bond acceptors (Lipinski definition) is 3. The van der Waals surface area contributed by atoms with E-state index in [9.17, 15) is 13.2 Å². The largest absolute Gasteiger partial charge is 0.497 e. The molecule has 2 rings (SSSR count). The zero-order valence-corrected chi connectivity index (χ0v) is 12.3. The molecule has 0 aliphatic carbocycles. The van der Waals surface area contributed by atoms with Crippen molar-refractivity contribution in [1.29, 1.82) is 0 Å². The zero-order valence-electron chi connectivity index (χ0n) is 12.3. The number of benzene rings is 1. The van der Waals surface area contributed by atoms with Gasteiger partial charge in [-0.15, -0.1) is 0 Å². The average molecular weight is 302 g/mol. The molecule has 1 aliphatic heterocycles. The first kappa shape index (κ1) is 15.9. The van der Waals surface area contributed by atoms with Gasteiger partial charge in [0.1, 0.15) is 5.75 Å². The van der Waals surface area contributed by atoms with Crippen LogP contribution in [0.1, 0.15) is 25.3 Å². The molecule has 0 radical (unpaired) electrons. The first-order chi connectivity index (χ1) is 9.94. The molecule has 0 bridgehead atoms. The van der Waals surface area contributed by atoms with Gasteiger partial charge in [0, 0.05) is 24.8 Å². The molecule has 0 atom stereocenters. The van der Waals surface area contributed by atoms with Crippen LogP contribution in [0, 0.1) is 0 Å². The van der Waals surface area contributed by atoms with E-state index in [2.05, 4.69) is 17.1 Å². The number of likely N-dealkylation sites (tertiary alicyclic amines) is 1. The van der Waals surface area contributed by atoms with Crippen LogP contribution in [0.15, 0.2) is 18.2 Å². The number of hydrogen-bond donors (Lipinski definition) is 1. The van der Waals surface area contributed by atoms with E-state index in [1.807, 2.05) is 0 Å². The van der Waals surface area contributed by atoms with Crippen molar-refractivity contribution in [3.63, 3.8) is 0 Å². The third-order valence-corrected chi connectivity index (χ3v) is 3.93. The summed E-state index contributed by atoms with van der Waals surface area (Å²) in [7, 11) is 1.36. The standard InChI is InChI=1S/C15H21F3N2O/c1-3-20-8-6-11(7-9-20)19-14-5-4-12(21-2)10-13(14)15(16,17)18/h4-5,10-11,19H,3,6-9H2,1-2H3. The molecule has 1 N–H and O–H groups in total. The van der Waals surface area contributed by atoms with E-state index in [1.54, 1.807) is 6.07 Å². The molecule has 118 valence electrons. The summed E-state index contributed by atoms with van der Waals surface area (Å²) in [5, 5.41) is 3.05. The maximum Gasteiger partial charge on any atom is 0.418 e. The first-order valence-corrected chi connectivity index (χ1v) is 7.18. The van der Waals surface area contributed by atoms with Gasteiger partial charge < -0.3 is 15.0 Å². The SMILES string of the molecule is CCN1CCC(Nc2ccc(OC)cc2C(F)(F)F)CC1. The molecule has 0 saturated carbocycles. The molecule has 0 unspecified atom stereocenters. The van der Waals surface area contributed by atoms with Gasteiger partial charge in [0.25, 0.3) is 0 Å². The van der Waals surface area contributed by atoms with Gasteiger partial charge in [-0.2, -0.15) is 13.2 Å². The van der Waals surface area contributed by atoms with E-state index in [4.69, 9.17) is 4.74 Å². The predicted molar refractivity (Wildman–Crippen MR) is 76.8 cm³/mol. The Morgan fingerprint density at radius 1 is 1.29 bits per heavy atom. The van der Waals surface area contributed by atoms with Crippen molar-refractivity contribution in [2.24, 2.45) is 0 Å². The maximum absolute atomic E-state index is 13.1. The quantitative estimate of drug-likeness (QED) is 0.919. The number of nitrogens with one attached hydrogen (secondary N) is 1. The number of ether oxygens (including phenoxy) is 1. The lowest BCUT2D eigenvalue weighted by Gasteiger charge is -2.32. The summed E-state index contributed by atoms with van der Waals surface area (Å²) in [5.74, 6) is 0.216. The van der Waals surface area contributed by atoms with Crippen molar-refractivity contribution in [3.8, 4) is 5.75 Å². The van der Waals surface area contributed by atoms with Crippen molar-refractivity contribution in [2.45, 2.75) is 32.0 Å². The summed E-state index contributed by atoms with van der Waals surface area (Å²) in [6.45, 7) is 4.93. The van der Waals surface area contributed by atoms with Crippen molar-refractivity contribution >= 4 is 5.69 Å². The van der Waals surface area contributed by atoms with Crippen LogP contribution in [-0.4, -0.2) is 37.7 Å². The monoisotopic (exact) mass is 302 g/mol. The van der Waals surface area contributed by atoms with E-state index < -0.39 is 11.7 Å². The molecule has 1 aliphatic rings. The van der Waals surface area contributed by atoms with Gasteiger partial charge in [-0.25, -0.2) is 0 Å². The number of piperidine rings is 1. The summed E-state index contributed by atoms with van der Waals surface area (Å²) in [6, 6.07) is 4.14. The first-order valence-electron chi connectivity index (χ1n) is 7.18. The molecule has 1 heterocycles. The molecule has 1 aromatic rings. The Morgan fingerprint density at radius 3 is 2.48 bits per heavy atom. The second kappa shape index (κ2) is 6.56. The minimum absolute atomic E-state index is 0.0855.